The molecule has 0 unspecified atom stereocenters. The van der Waals surface area contributed by atoms with Crippen molar-refractivity contribution in [2.75, 3.05) is 25.7 Å². The summed E-state index contributed by atoms with van der Waals surface area (Å²) in [6.07, 6.45) is 0.821. The number of hydrogen-bond donors (Lipinski definition) is 1. The largest absolute Gasteiger partial charge is 0.493 e. The van der Waals surface area contributed by atoms with Crippen LogP contribution in [0, 0.1) is 0 Å². The average molecular weight is 418 g/mol. The van der Waals surface area contributed by atoms with E-state index in [2.05, 4.69) is 4.72 Å². The molecule has 1 heterocycles. The summed E-state index contributed by atoms with van der Waals surface area (Å²) in [6, 6.07) is 11.1. The van der Waals surface area contributed by atoms with Crippen molar-refractivity contribution in [3.05, 3.63) is 48.0 Å². The van der Waals surface area contributed by atoms with E-state index in [-0.39, 0.29) is 36.1 Å². The van der Waals surface area contributed by atoms with E-state index in [0.717, 1.165) is 10.5 Å². The second-order valence-corrected chi connectivity index (χ2v) is 8.22. The molecule has 0 atom stereocenters. The van der Waals surface area contributed by atoms with Crippen molar-refractivity contribution in [1.29, 1.82) is 0 Å². The van der Waals surface area contributed by atoms with Crippen LogP contribution in [0.1, 0.15) is 18.4 Å². The number of nitrogens with one attached hydrogen (secondary N) is 1. The van der Waals surface area contributed by atoms with E-state index < -0.39 is 10.0 Å². The molecule has 0 radical (unpaired) electrons. The molecule has 2 aromatic carbocycles. The maximum absolute atomic E-state index is 12.5. The molecule has 1 aliphatic heterocycles. The van der Waals surface area contributed by atoms with Crippen molar-refractivity contribution < 1.29 is 27.5 Å². The smallest absolute Gasteiger partial charge is 0.240 e. The predicted octanol–water partition coefficient (Wildman–Crippen LogP) is 1.88. The number of anilines is 1. The molecule has 1 fully saturated rings. The van der Waals surface area contributed by atoms with Crippen LogP contribution in [0.5, 0.6) is 11.5 Å². The minimum atomic E-state index is -3.72. The highest BCUT2D eigenvalue weighted by atomic mass is 32.2. The molecule has 154 valence electrons. The number of carbonyl (C=O) groups excluding carboxylic acids is 2. The average Bonchev–Trinajstić information content (AvgIpc) is 3.06. The predicted molar refractivity (Wildman–Crippen MR) is 107 cm³/mol. The van der Waals surface area contributed by atoms with Gasteiger partial charge < -0.3 is 9.47 Å². The lowest BCUT2D eigenvalue weighted by atomic mass is 10.1. The first-order chi connectivity index (χ1) is 13.9. The fourth-order valence-corrected chi connectivity index (χ4v) is 4.12. The molecule has 1 aliphatic rings. The Morgan fingerprint density at radius 3 is 2.14 bits per heavy atom. The third-order valence-corrected chi connectivity index (χ3v) is 6.09. The zero-order valence-corrected chi connectivity index (χ0v) is 17.0. The molecule has 1 N–H and O–H groups in total. The molecule has 0 bridgehead atoms. The number of hydrogen-bond acceptors (Lipinski definition) is 6. The van der Waals surface area contributed by atoms with Crippen LogP contribution in [0.4, 0.5) is 5.69 Å². The van der Waals surface area contributed by atoms with Crippen LogP contribution >= 0.6 is 0 Å². The Bertz CT molecular complexity index is 1000. The maximum Gasteiger partial charge on any atom is 0.240 e. The van der Waals surface area contributed by atoms with E-state index in [9.17, 15) is 18.0 Å². The second kappa shape index (κ2) is 8.62. The fraction of sp³-hybridized carbons (Fsp3) is 0.300. The number of ether oxygens (including phenoxy) is 2. The van der Waals surface area contributed by atoms with Gasteiger partial charge in [0, 0.05) is 19.4 Å². The number of carbonyl (C=O) groups is 2. The second-order valence-electron chi connectivity index (χ2n) is 6.45. The first-order valence-electron chi connectivity index (χ1n) is 9.02. The van der Waals surface area contributed by atoms with Gasteiger partial charge in [-0.25, -0.2) is 13.1 Å². The number of methoxy groups -OCH3 is 2. The third-order valence-electron chi connectivity index (χ3n) is 4.61. The number of rotatable bonds is 8. The molecule has 0 aliphatic carbocycles. The molecule has 1 saturated heterocycles. The van der Waals surface area contributed by atoms with E-state index in [1.807, 2.05) is 6.07 Å². The highest BCUT2D eigenvalue weighted by Gasteiger charge is 2.30. The Balaban J connectivity index is 1.64. The van der Waals surface area contributed by atoms with Crippen LogP contribution in [0.3, 0.4) is 0 Å². The van der Waals surface area contributed by atoms with Crippen molar-refractivity contribution in [3.63, 3.8) is 0 Å². The lowest BCUT2D eigenvalue weighted by Crippen LogP contribution is -2.29. The Morgan fingerprint density at radius 2 is 1.55 bits per heavy atom. The van der Waals surface area contributed by atoms with Gasteiger partial charge in [-0.05, 0) is 48.4 Å². The molecular formula is C20H22N2O6S. The number of amides is 2. The molecular weight excluding hydrogens is 396 g/mol. The first-order valence-corrected chi connectivity index (χ1v) is 10.5. The van der Waals surface area contributed by atoms with E-state index in [4.69, 9.17) is 9.47 Å². The normalized spacial score (nSPS) is 14.3. The van der Waals surface area contributed by atoms with Gasteiger partial charge in [0.05, 0.1) is 24.8 Å². The van der Waals surface area contributed by atoms with Gasteiger partial charge in [-0.2, -0.15) is 0 Å². The minimum absolute atomic E-state index is 0.0626. The minimum Gasteiger partial charge on any atom is -0.493 e. The van der Waals surface area contributed by atoms with E-state index in [1.54, 1.807) is 19.2 Å². The van der Waals surface area contributed by atoms with Gasteiger partial charge in [0.15, 0.2) is 11.5 Å². The van der Waals surface area contributed by atoms with Gasteiger partial charge in [-0.15, -0.1) is 0 Å². The van der Waals surface area contributed by atoms with Gasteiger partial charge in [-0.3, -0.25) is 14.5 Å². The zero-order valence-electron chi connectivity index (χ0n) is 16.2. The quantitative estimate of drug-likeness (QED) is 0.657. The van der Waals surface area contributed by atoms with E-state index in [1.165, 1.54) is 31.4 Å². The van der Waals surface area contributed by atoms with Crippen LogP contribution in [0.2, 0.25) is 0 Å². The van der Waals surface area contributed by atoms with Crippen LogP contribution < -0.4 is 19.1 Å². The lowest BCUT2D eigenvalue weighted by Gasteiger charge is -2.14. The Hall–Kier alpha value is -2.91. The lowest BCUT2D eigenvalue weighted by molar-refractivity contribution is -0.121. The topological polar surface area (TPSA) is 102 Å². The van der Waals surface area contributed by atoms with Gasteiger partial charge >= 0.3 is 0 Å². The number of nitrogens with zero attached hydrogens (tertiary/aromatic N) is 1. The van der Waals surface area contributed by atoms with Crippen molar-refractivity contribution in [1.82, 2.24) is 4.72 Å². The summed E-state index contributed by atoms with van der Waals surface area (Å²) < 4.78 is 38.0. The molecule has 29 heavy (non-hydrogen) atoms. The van der Waals surface area contributed by atoms with E-state index in [0.29, 0.717) is 23.6 Å². The summed E-state index contributed by atoms with van der Waals surface area (Å²) in [5.74, 6) is 0.624. The van der Waals surface area contributed by atoms with Crippen molar-refractivity contribution in [2.24, 2.45) is 0 Å². The third kappa shape index (κ3) is 4.57. The monoisotopic (exact) mass is 418 g/mol. The van der Waals surface area contributed by atoms with Gasteiger partial charge in [0.2, 0.25) is 21.8 Å². The number of sulfonamides is 1. The molecule has 0 aromatic heterocycles. The van der Waals surface area contributed by atoms with Crippen molar-refractivity contribution in [3.8, 4) is 11.5 Å². The van der Waals surface area contributed by atoms with Gasteiger partial charge in [-0.1, -0.05) is 6.07 Å². The van der Waals surface area contributed by atoms with Crippen molar-refractivity contribution in [2.45, 2.75) is 24.2 Å². The number of imide groups is 1. The Labute approximate surface area is 169 Å². The highest BCUT2D eigenvalue weighted by molar-refractivity contribution is 7.89. The Morgan fingerprint density at radius 1 is 0.931 bits per heavy atom. The summed E-state index contributed by atoms with van der Waals surface area (Å²) in [5, 5.41) is 0. The van der Waals surface area contributed by atoms with Gasteiger partial charge in [0.25, 0.3) is 0 Å². The van der Waals surface area contributed by atoms with Crippen LogP contribution in [-0.4, -0.2) is 41.0 Å². The summed E-state index contributed by atoms with van der Waals surface area (Å²) >= 11 is 0. The SMILES string of the molecule is COc1ccc(CCNS(=O)(=O)c2ccc(N3C(=O)CCC3=O)cc2)cc1OC. The standard InChI is InChI=1S/C20H22N2O6S/c1-27-17-8-3-14(13-18(17)28-2)11-12-21-29(25,26)16-6-4-15(5-7-16)22-19(23)9-10-20(22)24/h3-8,13,21H,9-12H2,1-2H3. The molecule has 8 nitrogen and oxygen atoms in total. The van der Waals surface area contributed by atoms with Crippen LogP contribution in [0.15, 0.2) is 47.4 Å². The molecule has 2 amide bonds. The summed E-state index contributed by atoms with van der Waals surface area (Å²) in [6.45, 7) is 0.197. The molecule has 0 spiro atoms. The van der Waals surface area contributed by atoms with Crippen molar-refractivity contribution >= 4 is 27.5 Å². The van der Waals surface area contributed by atoms with Gasteiger partial charge in [0.1, 0.15) is 0 Å². The summed E-state index contributed by atoms with van der Waals surface area (Å²) in [5.41, 5.74) is 1.27. The molecule has 3 rings (SSSR count). The molecule has 9 heteroatoms. The summed E-state index contributed by atoms with van der Waals surface area (Å²) in [4.78, 5) is 24.7. The molecule has 0 saturated carbocycles. The van der Waals surface area contributed by atoms with E-state index >= 15 is 0 Å². The first kappa shape index (κ1) is 20.8. The highest BCUT2D eigenvalue weighted by Crippen LogP contribution is 2.28. The maximum atomic E-state index is 12.5. The fourth-order valence-electron chi connectivity index (χ4n) is 3.09. The Kier molecular flexibility index (Phi) is 6.19. The summed E-state index contributed by atoms with van der Waals surface area (Å²) in [7, 11) is -0.634. The zero-order chi connectivity index (χ0) is 21.0. The number of benzene rings is 2. The molecule has 2 aromatic rings. The van der Waals surface area contributed by atoms with Crippen LogP contribution in [0.25, 0.3) is 0 Å². The van der Waals surface area contributed by atoms with Crippen LogP contribution in [-0.2, 0) is 26.0 Å².